The molecule has 1 aliphatic rings. The van der Waals surface area contributed by atoms with Crippen LogP contribution in [0.3, 0.4) is 0 Å². The average Bonchev–Trinajstić information content (AvgIpc) is 2.05. The Kier molecular flexibility index (Phi) is 2.75. The number of methoxy groups -OCH3 is 1. The summed E-state index contributed by atoms with van der Waals surface area (Å²) in [6.07, 6.45) is 5.31. The van der Waals surface area contributed by atoms with Crippen molar-refractivity contribution in [2.75, 3.05) is 13.7 Å². The van der Waals surface area contributed by atoms with Gasteiger partial charge in [-0.05, 0) is 18.9 Å². The molecule has 0 radical (unpaired) electrons. The highest BCUT2D eigenvalue weighted by atomic mass is 16.5. The van der Waals surface area contributed by atoms with Crippen molar-refractivity contribution in [1.29, 1.82) is 0 Å². The second-order valence-electron chi connectivity index (χ2n) is 2.67. The minimum atomic E-state index is 0.257. The zero-order valence-electron chi connectivity index (χ0n) is 6.34. The predicted octanol–water partition coefficient (Wildman–Crippen LogP) is 1.31. The van der Waals surface area contributed by atoms with Gasteiger partial charge in [-0.2, -0.15) is 0 Å². The van der Waals surface area contributed by atoms with Gasteiger partial charge in [0.05, 0.1) is 12.9 Å². The first-order valence-electron chi connectivity index (χ1n) is 3.72. The van der Waals surface area contributed by atoms with Gasteiger partial charge in [0, 0.05) is 18.9 Å². The quantitative estimate of drug-likeness (QED) is 0.630. The first kappa shape index (κ1) is 7.61. The van der Waals surface area contributed by atoms with Crippen LogP contribution in [0.2, 0.25) is 0 Å². The molecule has 0 heterocycles. The van der Waals surface area contributed by atoms with Gasteiger partial charge in [0.1, 0.15) is 0 Å². The van der Waals surface area contributed by atoms with Gasteiger partial charge in [0.25, 0.3) is 0 Å². The number of rotatable bonds is 2. The average molecular weight is 142 g/mol. The van der Waals surface area contributed by atoms with Crippen molar-refractivity contribution in [1.82, 2.24) is 0 Å². The lowest BCUT2D eigenvalue weighted by Crippen LogP contribution is -2.09. The van der Waals surface area contributed by atoms with E-state index in [2.05, 4.69) is 0 Å². The molecule has 0 bridgehead atoms. The summed E-state index contributed by atoms with van der Waals surface area (Å²) in [5, 5.41) is 8.80. The fourth-order valence-corrected chi connectivity index (χ4v) is 1.28. The third-order valence-corrected chi connectivity index (χ3v) is 1.92. The molecule has 10 heavy (non-hydrogen) atoms. The summed E-state index contributed by atoms with van der Waals surface area (Å²) in [7, 11) is 1.69. The molecule has 2 heteroatoms. The minimum Gasteiger partial charge on any atom is -0.501 e. The van der Waals surface area contributed by atoms with E-state index in [0.717, 1.165) is 25.0 Å². The maximum atomic E-state index is 8.80. The van der Waals surface area contributed by atoms with Crippen LogP contribution in [-0.4, -0.2) is 18.8 Å². The van der Waals surface area contributed by atoms with E-state index in [1.807, 2.05) is 6.08 Å². The normalized spacial score (nSPS) is 25.8. The Morgan fingerprint density at radius 3 is 3.20 bits per heavy atom. The van der Waals surface area contributed by atoms with E-state index in [9.17, 15) is 0 Å². The van der Waals surface area contributed by atoms with Gasteiger partial charge in [-0.25, -0.2) is 0 Å². The van der Waals surface area contributed by atoms with Gasteiger partial charge < -0.3 is 9.84 Å². The minimum absolute atomic E-state index is 0.257. The number of hydrogen-bond acceptors (Lipinski definition) is 2. The number of aliphatic hydroxyl groups excluding tert-OH is 1. The summed E-state index contributed by atoms with van der Waals surface area (Å²) in [5.74, 6) is 1.37. The molecule has 0 unspecified atom stereocenters. The van der Waals surface area contributed by atoms with Gasteiger partial charge in [-0.3, -0.25) is 0 Å². The first-order valence-corrected chi connectivity index (χ1v) is 3.72. The van der Waals surface area contributed by atoms with Crippen molar-refractivity contribution in [2.24, 2.45) is 5.92 Å². The molecule has 0 saturated carbocycles. The summed E-state index contributed by atoms with van der Waals surface area (Å²) in [4.78, 5) is 0. The Labute approximate surface area is 61.5 Å². The number of aliphatic hydroxyl groups is 1. The van der Waals surface area contributed by atoms with Gasteiger partial charge >= 0.3 is 0 Å². The van der Waals surface area contributed by atoms with Crippen molar-refractivity contribution in [2.45, 2.75) is 19.3 Å². The molecule has 0 fully saturated rings. The molecule has 0 aliphatic heterocycles. The van der Waals surface area contributed by atoms with Crippen LogP contribution in [0.5, 0.6) is 0 Å². The Hall–Kier alpha value is -0.500. The Morgan fingerprint density at radius 1 is 1.80 bits per heavy atom. The molecule has 0 aromatic carbocycles. The fourth-order valence-electron chi connectivity index (χ4n) is 1.28. The highest BCUT2D eigenvalue weighted by Crippen LogP contribution is 2.22. The zero-order chi connectivity index (χ0) is 7.40. The third kappa shape index (κ3) is 1.74. The maximum absolute atomic E-state index is 8.80. The van der Waals surface area contributed by atoms with Gasteiger partial charge in [0.15, 0.2) is 0 Å². The van der Waals surface area contributed by atoms with Crippen molar-refractivity contribution in [3.63, 3.8) is 0 Å². The molecule has 0 amide bonds. The largest absolute Gasteiger partial charge is 0.501 e. The van der Waals surface area contributed by atoms with Crippen LogP contribution >= 0.6 is 0 Å². The Bertz CT molecular complexity index is 129. The highest BCUT2D eigenvalue weighted by Gasteiger charge is 2.12. The molecule has 0 aromatic rings. The van der Waals surface area contributed by atoms with Gasteiger partial charge in [-0.15, -0.1) is 0 Å². The monoisotopic (exact) mass is 142 g/mol. The summed E-state index contributed by atoms with van der Waals surface area (Å²) in [6.45, 7) is 0.257. The van der Waals surface area contributed by atoms with Crippen LogP contribution in [0.15, 0.2) is 11.8 Å². The highest BCUT2D eigenvalue weighted by molar-refractivity contribution is 5.00. The molecule has 0 saturated heterocycles. The zero-order valence-corrected chi connectivity index (χ0v) is 6.34. The van der Waals surface area contributed by atoms with E-state index >= 15 is 0 Å². The van der Waals surface area contributed by atoms with E-state index < -0.39 is 0 Å². The summed E-state index contributed by atoms with van der Waals surface area (Å²) in [5.41, 5.74) is 0. The van der Waals surface area contributed by atoms with Crippen LogP contribution in [0.4, 0.5) is 0 Å². The lowest BCUT2D eigenvalue weighted by atomic mass is 9.95. The van der Waals surface area contributed by atoms with Gasteiger partial charge in [0.2, 0.25) is 0 Å². The van der Waals surface area contributed by atoms with E-state index in [4.69, 9.17) is 9.84 Å². The lowest BCUT2D eigenvalue weighted by Gasteiger charge is -2.17. The fraction of sp³-hybridized carbons (Fsp3) is 0.750. The van der Waals surface area contributed by atoms with E-state index in [0.29, 0.717) is 5.92 Å². The molecular formula is C8H14O2. The summed E-state index contributed by atoms with van der Waals surface area (Å²) in [6, 6.07) is 0. The van der Waals surface area contributed by atoms with Crippen LogP contribution in [0.1, 0.15) is 19.3 Å². The second-order valence-corrected chi connectivity index (χ2v) is 2.67. The molecular weight excluding hydrogens is 128 g/mol. The van der Waals surface area contributed by atoms with Crippen LogP contribution in [0.25, 0.3) is 0 Å². The Morgan fingerprint density at radius 2 is 2.60 bits per heavy atom. The van der Waals surface area contributed by atoms with Crippen molar-refractivity contribution in [3.8, 4) is 0 Å². The SMILES string of the molecule is COC1=C[C@@H](CO)CCC1. The smallest absolute Gasteiger partial charge is 0.0919 e. The standard InChI is InChI=1S/C8H14O2/c1-10-8-4-2-3-7(5-8)6-9/h5,7,9H,2-4,6H2,1H3/t7-/m0/s1. The number of ether oxygens (including phenoxy) is 1. The van der Waals surface area contributed by atoms with Gasteiger partial charge in [-0.1, -0.05) is 0 Å². The topological polar surface area (TPSA) is 29.5 Å². The summed E-state index contributed by atoms with van der Waals surface area (Å²) < 4.78 is 5.07. The molecule has 1 rings (SSSR count). The predicted molar refractivity (Wildman–Crippen MR) is 39.5 cm³/mol. The second kappa shape index (κ2) is 3.62. The van der Waals surface area contributed by atoms with Crippen LogP contribution in [-0.2, 0) is 4.74 Å². The first-order chi connectivity index (χ1) is 4.86. The molecule has 0 spiro atoms. The van der Waals surface area contributed by atoms with Crippen molar-refractivity contribution < 1.29 is 9.84 Å². The number of allylic oxidation sites excluding steroid dienone is 1. The van der Waals surface area contributed by atoms with E-state index in [1.165, 1.54) is 0 Å². The van der Waals surface area contributed by atoms with Crippen LogP contribution in [0, 0.1) is 5.92 Å². The molecule has 2 nitrogen and oxygen atoms in total. The number of hydrogen-bond donors (Lipinski definition) is 1. The molecule has 1 aliphatic carbocycles. The maximum Gasteiger partial charge on any atom is 0.0919 e. The Balaban J connectivity index is 2.48. The van der Waals surface area contributed by atoms with E-state index in [1.54, 1.807) is 7.11 Å². The van der Waals surface area contributed by atoms with Crippen LogP contribution < -0.4 is 0 Å². The third-order valence-electron chi connectivity index (χ3n) is 1.92. The van der Waals surface area contributed by atoms with Crippen molar-refractivity contribution in [3.05, 3.63) is 11.8 Å². The molecule has 58 valence electrons. The van der Waals surface area contributed by atoms with Crippen molar-refractivity contribution >= 4 is 0 Å². The molecule has 0 aromatic heterocycles. The molecule has 1 N–H and O–H groups in total. The summed E-state index contributed by atoms with van der Waals surface area (Å²) >= 11 is 0. The molecule has 1 atom stereocenters. The van der Waals surface area contributed by atoms with E-state index in [-0.39, 0.29) is 6.61 Å². The lowest BCUT2D eigenvalue weighted by molar-refractivity contribution is 0.212.